The molecule has 2 saturated heterocycles. The summed E-state index contributed by atoms with van der Waals surface area (Å²) in [5.74, 6) is -0.864. The molecular formula is C37H39O4P. The Labute approximate surface area is 250 Å². The van der Waals surface area contributed by atoms with E-state index in [1.54, 1.807) is 0 Å². The molecule has 3 fully saturated rings. The van der Waals surface area contributed by atoms with Crippen LogP contribution in [0.25, 0.3) is 0 Å². The molecule has 3 aliphatic rings. The fraction of sp³-hybridized carbons (Fsp3) is 0.351. The lowest BCUT2D eigenvalue weighted by molar-refractivity contribution is -0.174. The fourth-order valence-corrected chi connectivity index (χ4v) is 9.47. The van der Waals surface area contributed by atoms with Crippen molar-refractivity contribution >= 4 is 8.38 Å². The van der Waals surface area contributed by atoms with Crippen molar-refractivity contribution in [2.45, 2.75) is 80.8 Å². The maximum atomic E-state index is 7.65. The Bertz CT molecular complexity index is 1270. The average molecular weight is 579 g/mol. The van der Waals surface area contributed by atoms with E-state index in [2.05, 4.69) is 121 Å². The standard InChI is InChI=1S/C37H39O4P/c1-35(2)38-33-34(39-35)37(30-22-12-5-13-23-30,31-24-14-6-15-25-31)41-42(32-26-16-7-17-27-32)40-36(33,28-18-8-3-9-19-28)29-20-10-4-11-21-29/h3-6,8-15,18-25,32-34H,7,16-17,26-27H2,1-2H3/t33-,34-/m1/s1. The van der Waals surface area contributed by atoms with Gasteiger partial charge in [-0.1, -0.05) is 141 Å². The van der Waals surface area contributed by atoms with Crippen LogP contribution in [0.5, 0.6) is 0 Å². The van der Waals surface area contributed by atoms with Crippen molar-refractivity contribution < 1.29 is 18.5 Å². The normalized spacial score (nSPS) is 25.4. The third kappa shape index (κ3) is 4.75. The first kappa shape index (κ1) is 28.0. The molecule has 42 heavy (non-hydrogen) atoms. The van der Waals surface area contributed by atoms with E-state index >= 15 is 0 Å². The summed E-state index contributed by atoms with van der Waals surface area (Å²) in [5.41, 5.74) is 2.62. The Morgan fingerprint density at radius 3 is 1.17 bits per heavy atom. The fourth-order valence-electron chi connectivity index (χ4n) is 7.15. The molecule has 2 atom stereocenters. The molecule has 1 aliphatic carbocycles. The largest absolute Gasteiger partial charge is 0.341 e. The maximum absolute atomic E-state index is 7.65. The minimum Gasteiger partial charge on any atom is -0.341 e. The van der Waals surface area contributed by atoms with Crippen molar-refractivity contribution in [3.05, 3.63) is 144 Å². The van der Waals surface area contributed by atoms with Crippen LogP contribution in [0.1, 0.15) is 68.2 Å². The molecule has 0 radical (unpaired) electrons. The van der Waals surface area contributed by atoms with Crippen LogP contribution in [0.4, 0.5) is 0 Å². The number of benzene rings is 4. The van der Waals surface area contributed by atoms with Gasteiger partial charge in [-0.3, -0.25) is 0 Å². The van der Waals surface area contributed by atoms with Gasteiger partial charge in [0, 0.05) is 5.66 Å². The number of rotatable bonds is 5. The molecule has 1 saturated carbocycles. The van der Waals surface area contributed by atoms with Crippen LogP contribution in [-0.4, -0.2) is 23.7 Å². The molecule has 7 rings (SSSR count). The third-order valence-electron chi connectivity index (χ3n) is 9.05. The zero-order valence-corrected chi connectivity index (χ0v) is 25.3. The third-order valence-corrected chi connectivity index (χ3v) is 11.1. The first-order chi connectivity index (χ1) is 20.5. The smallest absolute Gasteiger partial charge is 0.176 e. The molecule has 0 aromatic heterocycles. The molecule has 5 heteroatoms. The molecule has 2 aliphatic heterocycles. The van der Waals surface area contributed by atoms with Crippen LogP contribution >= 0.6 is 8.38 Å². The molecule has 0 bridgehead atoms. The molecule has 0 amide bonds. The number of hydrogen-bond acceptors (Lipinski definition) is 4. The van der Waals surface area contributed by atoms with Crippen molar-refractivity contribution in [3.63, 3.8) is 0 Å². The minimum absolute atomic E-state index is 0.305. The van der Waals surface area contributed by atoms with E-state index in [1.807, 2.05) is 13.8 Å². The van der Waals surface area contributed by atoms with E-state index < -0.39 is 37.6 Å². The van der Waals surface area contributed by atoms with Gasteiger partial charge < -0.3 is 18.5 Å². The van der Waals surface area contributed by atoms with E-state index in [1.165, 1.54) is 19.3 Å². The van der Waals surface area contributed by atoms with Crippen molar-refractivity contribution in [2.75, 3.05) is 0 Å². The van der Waals surface area contributed by atoms with Crippen LogP contribution in [-0.2, 0) is 29.7 Å². The predicted octanol–water partition coefficient (Wildman–Crippen LogP) is 9.09. The minimum atomic E-state index is -1.40. The van der Waals surface area contributed by atoms with Gasteiger partial charge in [0.15, 0.2) is 25.4 Å². The summed E-state index contributed by atoms with van der Waals surface area (Å²) < 4.78 is 29.5. The quantitative estimate of drug-likeness (QED) is 0.221. The molecule has 0 unspecified atom stereocenters. The van der Waals surface area contributed by atoms with Crippen LogP contribution in [0.2, 0.25) is 0 Å². The molecule has 2 heterocycles. The molecule has 4 nitrogen and oxygen atoms in total. The van der Waals surface area contributed by atoms with Crippen LogP contribution in [0.15, 0.2) is 121 Å². The van der Waals surface area contributed by atoms with Crippen LogP contribution < -0.4 is 0 Å². The van der Waals surface area contributed by atoms with Crippen molar-refractivity contribution in [1.29, 1.82) is 0 Å². The van der Waals surface area contributed by atoms with E-state index in [0.717, 1.165) is 35.1 Å². The summed E-state index contributed by atoms with van der Waals surface area (Å²) in [4.78, 5) is 0. The van der Waals surface area contributed by atoms with Gasteiger partial charge in [0.05, 0.1) is 0 Å². The summed E-state index contributed by atoms with van der Waals surface area (Å²) >= 11 is 0. The Kier molecular flexibility index (Phi) is 7.54. The number of hydrogen-bond donors (Lipinski definition) is 0. The summed E-state index contributed by atoms with van der Waals surface area (Å²) in [6.45, 7) is 4.01. The number of ether oxygens (including phenoxy) is 2. The molecule has 216 valence electrons. The zero-order valence-electron chi connectivity index (χ0n) is 24.4. The van der Waals surface area contributed by atoms with Gasteiger partial charge in [0.25, 0.3) is 0 Å². The van der Waals surface area contributed by atoms with E-state index in [0.29, 0.717) is 5.66 Å². The van der Waals surface area contributed by atoms with Gasteiger partial charge in [0.1, 0.15) is 12.2 Å². The van der Waals surface area contributed by atoms with Crippen molar-refractivity contribution in [3.8, 4) is 0 Å². The van der Waals surface area contributed by atoms with Gasteiger partial charge in [-0.05, 0) is 48.9 Å². The van der Waals surface area contributed by atoms with E-state index in [9.17, 15) is 0 Å². The van der Waals surface area contributed by atoms with Gasteiger partial charge >= 0.3 is 0 Å². The highest BCUT2D eigenvalue weighted by molar-refractivity contribution is 7.48. The Balaban J connectivity index is 1.55. The van der Waals surface area contributed by atoms with Gasteiger partial charge in [0.2, 0.25) is 0 Å². The second-order valence-electron chi connectivity index (χ2n) is 12.2. The lowest BCUT2D eigenvalue weighted by Gasteiger charge is -2.41. The van der Waals surface area contributed by atoms with Crippen LogP contribution in [0, 0.1) is 0 Å². The summed E-state index contributed by atoms with van der Waals surface area (Å²) in [7, 11) is -1.40. The first-order valence-corrected chi connectivity index (χ1v) is 16.5. The lowest BCUT2D eigenvalue weighted by atomic mass is 9.72. The molecule has 4 aromatic carbocycles. The second-order valence-corrected chi connectivity index (χ2v) is 13.8. The molecule has 4 aromatic rings. The summed E-state index contributed by atoms with van der Waals surface area (Å²) in [5, 5.41) is 0. The predicted molar refractivity (Wildman–Crippen MR) is 167 cm³/mol. The highest BCUT2D eigenvalue weighted by Crippen LogP contribution is 2.67. The highest BCUT2D eigenvalue weighted by Gasteiger charge is 2.67. The Hall–Kier alpha value is -2.85. The second kappa shape index (κ2) is 11.3. The molecule has 0 N–H and O–H groups in total. The van der Waals surface area contributed by atoms with Gasteiger partial charge in [-0.25, -0.2) is 0 Å². The van der Waals surface area contributed by atoms with E-state index in [-0.39, 0.29) is 0 Å². The van der Waals surface area contributed by atoms with Crippen molar-refractivity contribution in [1.82, 2.24) is 0 Å². The first-order valence-electron chi connectivity index (χ1n) is 15.3. The Morgan fingerprint density at radius 1 is 0.500 bits per heavy atom. The van der Waals surface area contributed by atoms with Crippen molar-refractivity contribution in [2.24, 2.45) is 0 Å². The maximum Gasteiger partial charge on any atom is 0.176 e. The highest BCUT2D eigenvalue weighted by atomic mass is 31.2. The van der Waals surface area contributed by atoms with Gasteiger partial charge in [-0.15, -0.1) is 0 Å². The Morgan fingerprint density at radius 2 is 0.833 bits per heavy atom. The average Bonchev–Trinajstić information content (AvgIpc) is 3.33. The lowest BCUT2D eigenvalue weighted by Crippen LogP contribution is -2.53. The molecule has 0 spiro atoms. The number of fused-ring (bicyclic) bond motifs is 1. The topological polar surface area (TPSA) is 36.9 Å². The van der Waals surface area contributed by atoms with E-state index in [4.69, 9.17) is 18.5 Å². The zero-order chi connectivity index (χ0) is 28.6. The van der Waals surface area contributed by atoms with Crippen LogP contribution in [0.3, 0.4) is 0 Å². The monoisotopic (exact) mass is 578 g/mol. The molecular weight excluding hydrogens is 539 g/mol. The SMILES string of the molecule is CC1(C)O[C@@H]2[C@@H](O1)C(c1ccccc1)(c1ccccc1)OP(C1CCCCC1)OC2(c1ccccc1)c1ccccc1. The summed E-state index contributed by atoms with van der Waals surface area (Å²) in [6.07, 6.45) is 4.81. The summed E-state index contributed by atoms with van der Waals surface area (Å²) in [6, 6.07) is 42.4. The van der Waals surface area contributed by atoms with Gasteiger partial charge in [-0.2, -0.15) is 0 Å².